The maximum Gasteiger partial charge on any atom is 0.326 e. The number of hydrogen-bond acceptors (Lipinski definition) is 3. The zero-order valence-electron chi connectivity index (χ0n) is 13.3. The molecular formula is C16H22ClN3O3. The van der Waals surface area contributed by atoms with Crippen LogP contribution in [0.2, 0.25) is 5.02 Å². The predicted octanol–water partition coefficient (Wildman–Crippen LogP) is 2.28. The zero-order chi connectivity index (χ0) is 17.0. The van der Waals surface area contributed by atoms with E-state index >= 15 is 0 Å². The smallest absolute Gasteiger partial charge is 0.326 e. The fraction of sp³-hybridized carbons (Fsp3) is 0.500. The number of amides is 2. The lowest BCUT2D eigenvalue weighted by Gasteiger charge is -2.36. The number of nitrogens with zero attached hydrogens (tertiary/aromatic N) is 2. The Labute approximate surface area is 141 Å². The van der Waals surface area contributed by atoms with E-state index in [1.54, 1.807) is 18.7 Å². The van der Waals surface area contributed by atoms with Crippen LogP contribution in [0.15, 0.2) is 24.3 Å². The Morgan fingerprint density at radius 2 is 1.70 bits per heavy atom. The highest BCUT2D eigenvalue weighted by Crippen LogP contribution is 2.19. The molecule has 1 aromatic rings. The van der Waals surface area contributed by atoms with Crippen LogP contribution in [0.25, 0.3) is 0 Å². The molecule has 1 atom stereocenters. The molecule has 0 aromatic heterocycles. The van der Waals surface area contributed by atoms with Gasteiger partial charge < -0.3 is 20.2 Å². The number of carbonyl (C=O) groups excluding carboxylic acids is 1. The second-order valence-corrected chi connectivity index (χ2v) is 6.40. The number of benzene rings is 1. The average Bonchev–Trinajstić information content (AvgIpc) is 2.52. The summed E-state index contributed by atoms with van der Waals surface area (Å²) in [5, 5.41) is 12.4. The molecule has 2 rings (SSSR count). The highest BCUT2D eigenvalue weighted by molar-refractivity contribution is 6.30. The van der Waals surface area contributed by atoms with Gasteiger partial charge in [0.05, 0.1) is 0 Å². The molecule has 0 spiro atoms. The van der Waals surface area contributed by atoms with Crippen molar-refractivity contribution in [3.8, 4) is 0 Å². The van der Waals surface area contributed by atoms with Gasteiger partial charge in [-0.15, -0.1) is 0 Å². The number of carbonyl (C=O) groups is 2. The van der Waals surface area contributed by atoms with Gasteiger partial charge >= 0.3 is 12.0 Å². The molecule has 0 radical (unpaired) electrons. The molecule has 2 amide bonds. The molecule has 0 unspecified atom stereocenters. The van der Waals surface area contributed by atoms with Crippen LogP contribution >= 0.6 is 11.6 Å². The van der Waals surface area contributed by atoms with E-state index in [2.05, 4.69) is 10.2 Å². The van der Waals surface area contributed by atoms with E-state index < -0.39 is 12.0 Å². The van der Waals surface area contributed by atoms with E-state index in [0.29, 0.717) is 31.2 Å². The third-order valence-electron chi connectivity index (χ3n) is 3.97. The van der Waals surface area contributed by atoms with Gasteiger partial charge in [0.25, 0.3) is 0 Å². The van der Waals surface area contributed by atoms with Crippen molar-refractivity contribution < 1.29 is 14.7 Å². The minimum Gasteiger partial charge on any atom is -0.480 e. The number of carboxylic acids is 1. The number of rotatable bonds is 4. The summed E-state index contributed by atoms with van der Waals surface area (Å²) in [6.07, 6.45) is 0. The largest absolute Gasteiger partial charge is 0.480 e. The van der Waals surface area contributed by atoms with E-state index in [-0.39, 0.29) is 11.9 Å². The van der Waals surface area contributed by atoms with Gasteiger partial charge in [-0.05, 0) is 30.2 Å². The first-order valence-corrected chi connectivity index (χ1v) is 8.05. The van der Waals surface area contributed by atoms with E-state index in [4.69, 9.17) is 16.7 Å². The van der Waals surface area contributed by atoms with Crippen LogP contribution in [-0.4, -0.2) is 54.2 Å². The van der Waals surface area contributed by atoms with Crippen LogP contribution in [0.5, 0.6) is 0 Å². The van der Waals surface area contributed by atoms with Crippen molar-refractivity contribution in [2.75, 3.05) is 31.1 Å². The highest BCUT2D eigenvalue weighted by Gasteiger charge is 2.27. The normalized spacial score (nSPS) is 16.3. The minimum atomic E-state index is -1.01. The van der Waals surface area contributed by atoms with Crippen molar-refractivity contribution in [2.45, 2.75) is 19.9 Å². The van der Waals surface area contributed by atoms with Crippen LogP contribution in [0.1, 0.15) is 13.8 Å². The third-order valence-corrected chi connectivity index (χ3v) is 4.22. The van der Waals surface area contributed by atoms with Gasteiger partial charge in [0.1, 0.15) is 6.04 Å². The van der Waals surface area contributed by atoms with Crippen LogP contribution in [-0.2, 0) is 4.79 Å². The highest BCUT2D eigenvalue weighted by atomic mass is 35.5. The minimum absolute atomic E-state index is 0.160. The van der Waals surface area contributed by atoms with Gasteiger partial charge in [0.15, 0.2) is 0 Å². The second kappa shape index (κ2) is 7.55. The van der Waals surface area contributed by atoms with Crippen LogP contribution in [0.3, 0.4) is 0 Å². The monoisotopic (exact) mass is 339 g/mol. The number of piperazine rings is 1. The fourth-order valence-corrected chi connectivity index (χ4v) is 2.68. The Balaban J connectivity index is 1.89. The molecule has 1 aromatic carbocycles. The molecule has 2 N–H and O–H groups in total. The number of aliphatic carboxylic acids is 1. The first-order valence-electron chi connectivity index (χ1n) is 7.67. The molecule has 1 heterocycles. The molecule has 6 nitrogen and oxygen atoms in total. The van der Waals surface area contributed by atoms with Crippen molar-refractivity contribution in [3.63, 3.8) is 0 Å². The second-order valence-electron chi connectivity index (χ2n) is 5.96. The third kappa shape index (κ3) is 4.51. The summed E-state index contributed by atoms with van der Waals surface area (Å²) in [5.41, 5.74) is 1.07. The Kier molecular flexibility index (Phi) is 5.71. The summed E-state index contributed by atoms with van der Waals surface area (Å²) in [4.78, 5) is 27.2. The maximum absolute atomic E-state index is 12.2. The molecule has 0 aliphatic carbocycles. The molecule has 126 valence electrons. The molecule has 1 aliphatic heterocycles. The quantitative estimate of drug-likeness (QED) is 0.882. The summed E-state index contributed by atoms with van der Waals surface area (Å²) < 4.78 is 0. The van der Waals surface area contributed by atoms with Gasteiger partial charge in [0.2, 0.25) is 0 Å². The number of halogens is 1. The Morgan fingerprint density at radius 1 is 1.13 bits per heavy atom. The summed E-state index contributed by atoms with van der Waals surface area (Å²) in [6, 6.07) is 6.42. The SMILES string of the molecule is CC(C)[C@@H](NC(=O)N1CCN(c2ccc(Cl)cc2)CC1)C(=O)O. The van der Waals surface area contributed by atoms with E-state index in [1.807, 2.05) is 24.3 Å². The van der Waals surface area contributed by atoms with E-state index in [1.165, 1.54) is 0 Å². The predicted molar refractivity (Wildman–Crippen MR) is 90.0 cm³/mol. The summed E-state index contributed by atoms with van der Waals surface area (Å²) in [6.45, 7) is 6.07. The van der Waals surface area contributed by atoms with Gasteiger partial charge in [0, 0.05) is 36.9 Å². The number of anilines is 1. The molecule has 1 aliphatic rings. The molecule has 1 fully saturated rings. The Morgan fingerprint density at radius 3 is 2.17 bits per heavy atom. The summed E-state index contributed by atoms with van der Waals surface area (Å²) in [7, 11) is 0. The number of carboxylic acid groups (broad SMARTS) is 1. The molecule has 0 saturated carbocycles. The lowest BCUT2D eigenvalue weighted by Crippen LogP contribution is -2.55. The first-order chi connectivity index (χ1) is 10.9. The Bertz CT molecular complexity index is 554. The molecule has 7 heteroatoms. The van der Waals surface area contributed by atoms with Crippen molar-refractivity contribution in [1.82, 2.24) is 10.2 Å². The molecule has 0 bridgehead atoms. The molecule has 23 heavy (non-hydrogen) atoms. The van der Waals surface area contributed by atoms with Gasteiger partial charge in [-0.2, -0.15) is 0 Å². The summed E-state index contributed by atoms with van der Waals surface area (Å²) >= 11 is 5.89. The number of nitrogens with one attached hydrogen (secondary N) is 1. The van der Waals surface area contributed by atoms with Crippen molar-refractivity contribution >= 4 is 29.3 Å². The van der Waals surface area contributed by atoms with Gasteiger partial charge in [-0.25, -0.2) is 9.59 Å². The number of urea groups is 1. The lowest BCUT2D eigenvalue weighted by molar-refractivity contribution is -0.140. The average molecular weight is 340 g/mol. The lowest BCUT2D eigenvalue weighted by atomic mass is 10.1. The van der Waals surface area contributed by atoms with Crippen molar-refractivity contribution in [3.05, 3.63) is 29.3 Å². The molecule has 1 saturated heterocycles. The van der Waals surface area contributed by atoms with E-state index in [0.717, 1.165) is 5.69 Å². The first kappa shape index (κ1) is 17.4. The summed E-state index contributed by atoms with van der Waals surface area (Å²) in [5.74, 6) is -1.17. The number of hydrogen-bond donors (Lipinski definition) is 2. The topological polar surface area (TPSA) is 72.9 Å². The molecular weight excluding hydrogens is 318 g/mol. The van der Waals surface area contributed by atoms with Crippen LogP contribution in [0.4, 0.5) is 10.5 Å². The Hall–Kier alpha value is -1.95. The van der Waals surface area contributed by atoms with Crippen molar-refractivity contribution in [2.24, 2.45) is 5.92 Å². The van der Waals surface area contributed by atoms with E-state index in [9.17, 15) is 9.59 Å². The van der Waals surface area contributed by atoms with Gasteiger partial charge in [-0.1, -0.05) is 25.4 Å². The maximum atomic E-state index is 12.2. The zero-order valence-corrected chi connectivity index (χ0v) is 14.1. The van der Waals surface area contributed by atoms with Gasteiger partial charge in [-0.3, -0.25) is 0 Å². The fourth-order valence-electron chi connectivity index (χ4n) is 2.56. The van der Waals surface area contributed by atoms with Crippen LogP contribution < -0.4 is 10.2 Å². The van der Waals surface area contributed by atoms with Crippen molar-refractivity contribution in [1.29, 1.82) is 0 Å². The van der Waals surface area contributed by atoms with Crippen LogP contribution in [0, 0.1) is 5.92 Å². The standard InChI is InChI=1S/C16H22ClN3O3/c1-11(2)14(15(21)22)18-16(23)20-9-7-19(8-10-20)13-5-3-12(17)4-6-13/h3-6,11,14H,7-10H2,1-2H3,(H,18,23)(H,21,22)/t14-/m1/s1.